The van der Waals surface area contributed by atoms with Gasteiger partial charge in [-0.15, -0.1) is 11.3 Å². The van der Waals surface area contributed by atoms with Crippen molar-refractivity contribution in [1.29, 1.82) is 0 Å². The van der Waals surface area contributed by atoms with Crippen LogP contribution in [-0.4, -0.2) is 25.8 Å². The number of nitrogens with zero attached hydrogens (tertiary/aromatic N) is 3. The van der Waals surface area contributed by atoms with E-state index in [4.69, 9.17) is 9.84 Å². The van der Waals surface area contributed by atoms with Crippen molar-refractivity contribution in [2.75, 3.05) is 0 Å². The van der Waals surface area contributed by atoms with Crippen molar-refractivity contribution < 1.29 is 32.2 Å². The quantitative estimate of drug-likeness (QED) is 0.331. The topological polar surface area (TPSA) is 77.2 Å². The first kappa shape index (κ1) is 23.4. The van der Waals surface area contributed by atoms with Gasteiger partial charge in [0.15, 0.2) is 0 Å². The van der Waals surface area contributed by atoms with E-state index in [1.807, 2.05) is 0 Å². The zero-order valence-electron chi connectivity index (χ0n) is 17.6. The molecule has 11 heteroatoms. The van der Waals surface area contributed by atoms with E-state index >= 15 is 0 Å². The fraction of sp³-hybridized carbons (Fsp3) is 0.174. The minimum absolute atomic E-state index is 0.0163. The van der Waals surface area contributed by atoms with Crippen LogP contribution in [0.5, 0.6) is 5.75 Å². The number of benzene rings is 2. The Kier molecular flexibility index (Phi) is 6.38. The van der Waals surface area contributed by atoms with Crippen LogP contribution in [0.3, 0.4) is 0 Å². The molecule has 0 spiro atoms. The summed E-state index contributed by atoms with van der Waals surface area (Å²) in [5, 5.41) is 13.3. The van der Waals surface area contributed by atoms with Crippen LogP contribution in [-0.2, 0) is 19.3 Å². The lowest BCUT2D eigenvalue weighted by atomic mass is 10.1. The van der Waals surface area contributed by atoms with E-state index in [0.29, 0.717) is 10.7 Å². The highest BCUT2D eigenvalue weighted by Crippen LogP contribution is 2.37. The number of aromatic nitrogens is 3. The first-order valence-electron chi connectivity index (χ1n) is 9.91. The van der Waals surface area contributed by atoms with E-state index in [9.17, 15) is 22.4 Å². The highest BCUT2D eigenvalue weighted by molar-refractivity contribution is 7.15. The Balaban J connectivity index is 1.63. The molecule has 2 heterocycles. The molecule has 0 fully saturated rings. The number of thiazole rings is 1. The predicted molar refractivity (Wildman–Crippen MR) is 116 cm³/mol. The molecule has 34 heavy (non-hydrogen) atoms. The van der Waals surface area contributed by atoms with Crippen LogP contribution in [0, 0.1) is 12.7 Å². The molecule has 0 aliphatic heterocycles. The van der Waals surface area contributed by atoms with Crippen molar-refractivity contribution in [3.63, 3.8) is 0 Å². The number of aryl methyl sites for hydroxylation is 1. The number of halogens is 4. The second-order valence-electron chi connectivity index (χ2n) is 7.38. The van der Waals surface area contributed by atoms with Crippen molar-refractivity contribution in [2.45, 2.75) is 26.3 Å². The lowest BCUT2D eigenvalue weighted by Crippen LogP contribution is -2.06. The van der Waals surface area contributed by atoms with Gasteiger partial charge in [0.1, 0.15) is 23.2 Å². The summed E-state index contributed by atoms with van der Waals surface area (Å²) in [7, 11) is 0. The van der Waals surface area contributed by atoms with Crippen molar-refractivity contribution in [2.24, 2.45) is 0 Å². The fourth-order valence-corrected chi connectivity index (χ4v) is 4.07. The molecular formula is C23H17F4N3O3S. The summed E-state index contributed by atoms with van der Waals surface area (Å²) in [6.45, 7) is 1.69. The molecule has 1 N–H and O–H groups in total. The minimum Gasteiger partial charge on any atom is -0.489 e. The summed E-state index contributed by atoms with van der Waals surface area (Å²) in [4.78, 5) is 16.2. The first-order chi connectivity index (χ1) is 16.1. The van der Waals surface area contributed by atoms with Crippen LogP contribution in [0.25, 0.3) is 10.6 Å². The molecule has 4 aromatic rings. The summed E-state index contributed by atoms with van der Waals surface area (Å²) in [6.07, 6.45) is -2.07. The summed E-state index contributed by atoms with van der Waals surface area (Å²) in [6, 6.07) is 9.13. The van der Waals surface area contributed by atoms with E-state index in [2.05, 4.69) is 10.1 Å². The highest BCUT2D eigenvalue weighted by atomic mass is 32.1. The van der Waals surface area contributed by atoms with Gasteiger partial charge in [-0.3, -0.25) is 4.68 Å². The van der Waals surface area contributed by atoms with E-state index in [1.54, 1.807) is 13.0 Å². The lowest BCUT2D eigenvalue weighted by molar-refractivity contribution is -0.137. The van der Waals surface area contributed by atoms with Gasteiger partial charge in [-0.2, -0.15) is 18.3 Å². The van der Waals surface area contributed by atoms with E-state index in [1.165, 1.54) is 52.7 Å². The van der Waals surface area contributed by atoms with E-state index in [-0.39, 0.29) is 35.6 Å². The number of hydrogen-bond acceptors (Lipinski definition) is 5. The standard InChI is InChI=1S/C23H17F4N3O3S/c1-13-20(11-30-10-16(9-28-30)22(31)32)29-21(34-13)15-6-17(23(25,26)27)8-18(7-15)33-12-14-4-2-3-5-19(14)24/h2-10H,11-12H2,1H3,(H,31,32). The summed E-state index contributed by atoms with van der Waals surface area (Å²) in [5.74, 6) is -1.70. The van der Waals surface area contributed by atoms with Gasteiger partial charge < -0.3 is 9.84 Å². The number of carboxylic acid groups (broad SMARTS) is 1. The maximum atomic E-state index is 13.9. The van der Waals surface area contributed by atoms with Gasteiger partial charge in [0.2, 0.25) is 0 Å². The van der Waals surface area contributed by atoms with Gasteiger partial charge in [0.05, 0.1) is 29.6 Å². The summed E-state index contributed by atoms with van der Waals surface area (Å²) < 4.78 is 61.4. The van der Waals surface area contributed by atoms with Crippen LogP contribution in [0.1, 0.15) is 32.1 Å². The zero-order chi connectivity index (χ0) is 24.5. The fourth-order valence-electron chi connectivity index (χ4n) is 3.16. The number of hydrogen-bond donors (Lipinski definition) is 1. The van der Waals surface area contributed by atoms with Crippen molar-refractivity contribution in [3.8, 4) is 16.3 Å². The van der Waals surface area contributed by atoms with Gasteiger partial charge in [-0.1, -0.05) is 18.2 Å². The monoisotopic (exact) mass is 491 g/mol. The van der Waals surface area contributed by atoms with Crippen molar-refractivity contribution in [3.05, 3.63) is 87.9 Å². The van der Waals surface area contributed by atoms with Crippen LogP contribution in [0.4, 0.5) is 17.6 Å². The Bertz CT molecular complexity index is 1350. The molecule has 0 saturated carbocycles. The number of aromatic carboxylic acids is 1. The number of alkyl halides is 3. The van der Waals surface area contributed by atoms with Crippen LogP contribution >= 0.6 is 11.3 Å². The molecule has 0 amide bonds. The Hall–Kier alpha value is -3.73. The normalized spacial score (nSPS) is 11.6. The number of carbonyl (C=O) groups is 1. The van der Waals surface area contributed by atoms with E-state index < -0.39 is 23.5 Å². The number of rotatable bonds is 7. The molecule has 0 radical (unpaired) electrons. The Morgan fingerprint density at radius 3 is 2.65 bits per heavy atom. The second kappa shape index (κ2) is 9.26. The molecule has 6 nitrogen and oxygen atoms in total. The molecule has 0 saturated heterocycles. The SMILES string of the molecule is Cc1sc(-c2cc(OCc3ccccc3F)cc(C(F)(F)F)c2)nc1Cn1cc(C(=O)O)cn1. The van der Waals surface area contributed by atoms with Gasteiger partial charge in [-0.25, -0.2) is 14.2 Å². The maximum Gasteiger partial charge on any atom is 0.416 e. The van der Waals surface area contributed by atoms with Crippen molar-refractivity contribution in [1.82, 2.24) is 14.8 Å². The summed E-state index contributed by atoms with van der Waals surface area (Å²) in [5.41, 5.74) is 0.0632. The Morgan fingerprint density at radius 2 is 1.97 bits per heavy atom. The highest BCUT2D eigenvalue weighted by Gasteiger charge is 2.32. The summed E-state index contributed by atoms with van der Waals surface area (Å²) >= 11 is 1.19. The van der Waals surface area contributed by atoms with Gasteiger partial charge in [-0.05, 0) is 31.2 Å². The zero-order valence-corrected chi connectivity index (χ0v) is 18.5. The molecule has 0 aliphatic carbocycles. The average molecular weight is 491 g/mol. The van der Waals surface area contributed by atoms with Gasteiger partial charge >= 0.3 is 12.1 Å². The lowest BCUT2D eigenvalue weighted by Gasteiger charge is -2.13. The number of carboxylic acids is 1. The Labute approximate surface area is 195 Å². The smallest absolute Gasteiger partial charge is 0.416 e. The largest absolute Gasteiger partial charge is 0.489 e. The average Bonchev–Trinajstić information content (AvgIpc) is 3.40. The third-order valence-electron chi connectivity index (χ3n) is 4.92. The Morgan fingerprint density at radius 1 is 1.21 bits per heavy atom. The second-order valence-corrected chi connectivity index (χ2v) is 8.58. The first-order valence-corrected chi connectivity index (χ1v) is 10.7. The van der Waals surface area contributed by atoms with Gasteiger partial charge in [0.25, 0.3) is 0 Å². The minimum atomic E-state index is -4.62. The molecule has 0 atom stereocenters. The third kappa shape index (κ3) is 5.25. The number of ether oxygens (including phenoxy) is 1. The molecule has 0 aliphatic rings. The molecule has 2 aromatic heterocycles. The molecule has 2 aromatic carbocycles. The molecule has 0 bridgehead atoms. The molecule has 4 rings (SSSR count). The molecule has 176 valence electrons. The maximum absolute atomic E-state index is 13.9. The van der Waals surface area contributed by atoms with Crippen LogP contribution in [0.2, 0.25) is 0 Å². The van der Waals surface area contributed by atoms with Gasteiger partial charge in [0, 0.05) is 22.2 Å². The van der Waals surface area contributed by atoms with Crippen LogP contribution < -0.4 is 4.74 Å². The van der Waals surface area contributed by atoms with Crippen molar-refractivity contribution >= 4 is 17.3 Å². The molecular weight excluding hydrogens is 474 g/mol. The predicted octanol–water partition coefficient (Wildman–Crippen LogP) is 5.80. The van der Waals surface area contributed by atoms with E-state index in [0.717, 1.165) is 17.0 Å². The third-order valence-corrected chi connectivity index (χ3v) is 5.98. The van der Waals surface area contributed by atoms with Crippen LogP contribution in [0.15, 0.2) is 54.9 Å². The molecule has 0 unspecified atom stereocenters.